The van der Waals surface area contributed by atoms with E-state index in [1.54, 1.807) is 0 Å². The summed E-state index contributed by atoms with van der Waals surface area (Å²) < 4.78 is 5.13. The maximum absolute atomic E-state index is 11.8. The van der Waals surface area contributed by atoms with Crippen molar-refractivity contribution < 1.29 is 9.53 Å². The van der Waals surface area contributed by atoms with Gasteiger partial charge in [-0.2, -0.15) is 0 Å². The lowest BCUT2D eigenvalue weighted by Crippen LogP contribution is -2.53. The molecular weight excluding hydrogens is 178 g/mol. The highest BCUT2D eigenvalue weighted by Gasteiger charge is 2.42. The number of carbonyl (C=O) groups excluding carboxylic acids is 1. The lowest BCUT2D eigenvalue weighted by Gasteiger charge is -2.29. The molecule has 1 fully saturated rings. The smallest absolute Gasteiger partial charge is 0.326 e. The molecular formula is C11H21NO2. The third kappa shape index (κ3) is 2.47. The molecule has 1 N–H and O–H groups in total. The molecule has 82 valence electrons. The Bertz CT molecular complexity index is 195. The van der Waals surface area contributed by atoms with Gasteiger partial charge in [-0.25, -0.2) is 0 Å². The van der Waals surface area contributed by atoms with Gasteiger partial charge in [0, 0.05) is 6.04 Å². The molecule has 14 heavy (non-hydrogen) atoms. The molecule has 0 radical (unpaired) electrons. The fourth-order valence-electron chi connectivity index (χ4n) is 2.21. The zero-order chi connectivity index (χ0) is 10.6. The van der Waals surface area contributed by atoms with Gasteiger partial charge in [-0.05, 0) is 33.6 Å². The average Bonchev–Trinajstić information content (AvgIpc) is 2.53. The van der Waals surface area contributed by atoms with Gasteiger partial charge >= 0.3 is 5.97 Å². The van der Waals surface area contributed by atoms with Crippen molar-refractivity contribution in [3.63, 3.8) is 0 Å². The molecule has 0 aromatic heterocycles. The van der Waals surface area contributed by atoms with Crippen LogP contribution in [0.25, 0.3) is 0 Å². The Kier molecular flexibility index (Phi) is 3.93. The molecule has 0 aliphatic heterocycles. The highest BCUT2D eigenvalue weighted by molar-refractivity contribution is 5.81. The largest absolute Gasteiger partial charge is 0.465 e. The molecule has 0 heterocycles. The molecule has 1 aliphatic rings. The van der Waals surface area contributed by atoms with Gasteiger partial charge in [-0.3, -0.25) is 10.1 Å². The lowest BCUT2D eigenvalue weighted by molar-refractivity contribution is -0.151. The third-order valence-electron chi connectivity index (χ3n) is 2.69. The maximum Gasteiger partial charge on any atom is 0.326 e. The number of carbonyl (C=O) groups is 1. The van der Waals surface area contributed by atoms with Crippen LogP contribution in [0.4, 0.5) is 0 Å². The third-order valence-corrected chi connectivity index (χ3v) is 2.69. The van der Waals surface area contributed by atoms with Gasteiger partial charge in [0.05, 0.1) is 6.61 Å². The normalized spacial score (nSPS) is 20.0. The van der Waals surface area contributed by atoms with Crippen LogP contribution in [0.2, 0.25) is 0 Å². The topological polar surface area (TPSA) is 38.3 Å². The van der Waals surface area contributed by atoms with Gasteiger partial charge in [0.2, 0.25) is 0 Å². The minimum atomic E-state index is -0.385. The first-order chi connectivity index (χ1) is 6.60. The van der Waals surface area contributed by atoms with Gasteiger partial charge in [0.1, 0.15) is 5.54 Å². The van der Waals surface area contributed by atoms with Crippen LogP contribution in [0.3, 0.4) is 0 Å². The van der Waals surface area contributed by atoms with E-state index in [2.05, 4.69) is 19.2 Å². The van der Waals surface area contributed by atoms with E-state index in [9.17, 15) is 4.79 Å². The predicted octanol–water partition coefficient (Wildman–Crippen LogP) is 1.86. The fraction of sp³-hybridized carbons (Fsp3) is 0.909. The van der Waals surface area contributed by atoms with Crippen molar-refractivity contribution in [3.05, 3.63) is 0 Å². The van der Waals surface area contributed by atoms with Gasteiger partial charge in [0.15, 0.2) is 0 Å². The van der Waals surface area contributed by atoms with Crippen molar-refractivity contribution in [2.75, 3.05) is 6.61 Å². The lowest BCUT2D eigenvalue weighted by atomic mass is 9.97. The van der Waals surface area contributed by atoms with Crippen LogP contribution >= 0.6 is 0 Å². The van der Waals surface area contributed by atoms with E-state index in [-0.39, 0.29) is 11.5 Å². The molecule has 0 aromatic carbocycles. The van der Waals surface area contributed by atoms with Gasteiger partial charge < -0.3 is 4.74 Å². The highest BCUT2D eigenvalue weighted by Crippen LogP contribution is 2.31. The predicted molar refractivity (Wildman–Crippen MR) is 56.1 cm³/mol. The molecule has 0 unspecified atom stereocenters. The van der Waals surface area contributed by atoms with Crippen molar-refractivity contribution in [2.24, 2.45) is 0 Å². The molecule has 0 aromatic rings. The van der Waals surface area contributed by atoms with Crippen LogP contribution in [0, 0.1) is 0 Å². The van der Waals surface area contributed by atoms with Crippen molar-refractivity contribution in [2.45, 2.75) is 58.0 Å². The first-order valence-corrected chi connectivity index (χ1v) is 5.55. The Morgan fingerprint density at radius 2 is 2.00 bits per heavy atom. The Labute approximate surface area is 86.2 Å². The van der Waals surface area contributed by atoms with E-state index >= 15 is 0 Å². The zero-order valence-electron chi connectivity index (χ0n) is 9.43. The molecule has 1 saturated carbocycles. The minimum Gasteiger partial charge on any atom is -0.465 e. The fourth-order valence-corrected chi connectivity index (χ4v) is 2.21. The van der Waals surface area contributed by atoms with Gasteiger partial charge in [-0.15, -0.1) is 0 Å². The number of nitrogens with one attached hydrogen (secondary N) is 1. The number of ether oxygens (including phenoxy) is 1. The summed E-state index contributed by atoms with van der Waals surface area (Å²) >= 11 is 0. The van der Waals surface area contributed by atoms with Crippen molar-refractivity contribution >= 4 is 5.97 Å². The maximum atomic E-state index is 11.8. The molecule has 1 aliphatic carbocycles. The number of hydrogen-bond donors (Lipinski definition) is 1. The van der Waals surface area contributed by atoms with E-state index in [1.165, 1.54) is 0 Å². The Balaban J connectivity index is 2.65. The summed E-state index contributed by atoms with van der Waals surface area (Å²) in [6.45, 7) is 6.47. The second-order valence-corrected chi connectivity index (χ2v) is 4.31. The average molecular weight is 199 g/mol. The monoisotopic (exact) mass is 199 g/mol. The highest BCUT2D eigenvalue weighted by atomic mass is 16.5. The summed E-state index contributed by atoms with van der Waals surface area (Å²) in [5, 5.41) is 3.37. The van der Waals surface area contributed by atoms with Crippen LogP contribution in [-0.4, -0.2) is 24.2 Å². The van der Waals surface area contributed by atoms with Crippen molar-refractivity contribution in [3.8, 4) is 0 Å². The molecule has 3 nitrogen and oxygen atoms in total. The van der Waals surface area contributed by atoms with Crippen LogP contribution in [-0.2, 0) is 9.53 Å². The molecule has 0 saturated heterocycles. The Morgan fingerprint density at radius 3 is 2.43 bits per heavy atom. The summed E-state index contributed by atoms with van der Waals surface area (Å²) in [4.78, 5) is 11.8. The standard InChI is InChI=1S/C11H21NO2/c1-4-14-10(13)11(12-9(2)3)7-5-6-8-11/h9,12H,4-8H2,1-3H3. The summed E-state index contributed by atoms with van der Waals surface area (Å²) in [6, 6.07) is 0.331. The molecule has 1 rings (SSSR count). The Morgan fingerprint density at radius 1 is 1.43 bits per heavy atom. The quantitative estimate of drug-likeness (QED) is 0.702. The molecule has 0 bridgehead atoms. The van der Waals surface area contributed by atoms with Crippen molar-refractivity contribution in [1.82, 2.24) is 5.32 Å². The van der Waals surface area contributed by atoms with E-state index in [4.69, 9.17) is 4.74 Å². The summed E-state index contributed by atoms with van der Waals surface area (Å²) in [7, 11) is 0. The molecule has 3 heteroatoms. The molecule has 0 amide bonds. The molecule has 0 atom stereocenters. The Hall–Kier alpha value is -0.570. The first-order valence-electron chi connectivity index (χ1n) is 5.55. The van der Waals surface area contributed by atoms with E-state index < -0.39 is 0 Å². The second kappa shape index (κ2) is 4.78. The SMILES string of the molecule is CCOC(=O)C1(NC(C)C)CCCC1. The molecule has 0 spiro atoms. The summed E-state index contributed by atoms with van der Waals surface area (Å²) in [5.41, 5.74) is -0.385. The van der Waals surface area contributed by atoms with Crippen LogP contribution < -0.4 is 5.32 Å². The van der Waals surface area contributed by atoms with Crippen LogP contribution in [0.15, 0.2) is 0 Å². The van der Waals surface area contributed by atoms with Crippen LogP contribution in [0.5, 0.6) is 0 Å². The minimum absolute atomic E-state index is 0.0637. The first kappa shape index (κ1) is 11.5. The van der Waals surface area contributed by atoms with Crippen molar-refractivity contribution in [1.29, 1.82) is 0 Å². The van der Waals surface area contributed by atoms with E-state index in [0.717, 1.165) is 25.7 Å². The number of esters is 1. The summed E-state index contributed by atoms with van der Waals surface area (Å²) in [6.07, 6.45) is 4.09. The number of rotatable bonds is 4. The van der Waals surface area contributed by atoms with E-state index in [1.807, 2.05) is 6.92 Å². The van der Waals surface area contributed by atoms with Crippen LogP contribution in [0.1, 0.15) is 46.5 Å². The summed E-state index contributed by atoms with van der Waals surface area (Å²) in [5.74, 6) is -0.0637. The van der Waals surface area contributed by atoms with Gasteiger partial charge in [0.25, 0.3) is 0 Å². The zero-order valence-corrected chi connectivity index (χ0v) is 9.43. The van der Waals surface area contributed by atoms with E-state index in [0.29, 0.717) is 12.6 Å². The second-order valence-electron chi connectivity index (χ2n) is 4.31. The van der Waals surface area contributed by atoms with Gasteiger partial charge in [-0.1, -0.05) is 12.8 Å². The number of hydrogen-bond acceptors (Lipinski definition) is 3.